The summed E-state index contributed by atoms with van der Waals surface area (Å²) in [6.45, 7) is 4.35. The van der Waals surface area contributed by atoms with Crippen LogP contribution < -0.4 is 11.1 Å². The Morgan fingerprint density at radius 2 is 2.00 bits per heavy atom. The van der Waals surface area contributed by atoms with Crippen molar-refractivity contribution >= 4 is 0 Å². The molecule has 1 fully saturated rings. The lowest BCUT2D eigenvalue weighted by Gasteiger charge is -2.10. The molecule has 78 valence electrons. The van der Waals surface area contributed by atoms with Gasteiger partial charge in [-0.1, -0.05) is 25.7 Å². The maximum atomic E-state index is 5.66. The van der Waals surface area contributed by atoms with Gasteiger partial charge in [0.2, 0.25) is 0 Å². The number of nitrogens with two attached hydrogens (primary N) is 1. The molecule has 1 aliphatic rings. The first kappa shape index (κ1) is 11.0. The number of nitrogens with one attached hydrogen (secondary N) is 1. The first-order valence-corrected chi connectivity index (χ1v) is 5.75. The maximum absolute atomic E-state index is 5.66. The van der Waals surface area contributed by atoms with Crippen molar-refractivity contribution in [3.63, 3.8) is 0 Å². The van der Waals surface area contributed by atoms with E-state index in [-0.39, 0.29) is 0 Å². The average molecular weight is 184 g/mol. The summed E-state index contributed by atoms with van der Waals surface area (Å²) in [6.07, 6.45) is 8.34. The van der Waals surface area contributed by atoms with Gasteiger partial charge < -0.3 is 11.1 Å². The minimum Gasteiger partial charge on any atom is -0.328 e. The Bertz CT molecular complexity index is 117. The Morgan fingerprint density at radius 1 is 1.31 bits per heavy atom. The number of hydrogen-bond acceptors (Lipinski definition) is 2. The van der Waals surface area contributed by atoms with Crippen LogP contribution in [0.25, 0.3) is 0 Å². The first-order chi connectivity index (χ1) is 6.29. The molecule has 1 atom stereocenters. The van der Waals surface area contributed by atoms with Crippen molar-refractivity contribution in [2.24, 2.45) is 11.7 Å². The fourth-order valence-corrected chi connectivity index (χ4v) is 2.06. The summed E-state index contributed by atoms with van der Waals surface area (Å²) in [6, 6.07) is 0.346. The summed E-state index contributed by atoms with van der Waals surface area (Å²) < 4.78 is 0. The van der Waals surface area contributed by atoms with E-state index in [9.17, 15) is 0 Å². The lowest BCUT2D eigenvalue weighted by molar-refractivity contribution is 0.470. The summed E-state index contributed by atoms with van der Waals surface area (Å²) in [5, 5.41) is 3.46. The molecule has 0 bridgehead atoms. The zero-order valence-corrected chi connectivity index (χ0v) is 8.89. The Labute approximate surface area is 82.3 Å². The van der Waals surface area contributed by atoms with Crippen molar-refractivity contribution < 1.29 is 0 Å². The van der Waals surface area contributed by atoms with Crippen molar-refractivity contribution in [2.45, 2.75) is 51.5 Å². The van der Waals surface area contributed by atoms with E-state index < -0.39 is 0 Å². The van der Waals surface area contributed by atoms with Crippen LogP contribution in [0.5, 0.6) is 0 Å². The van der Waals surface area contributed by atoms with Crippen molar-refractivity contribution in [1.82, 2.24) is 5.32 Å². The molecule has 0 amide bonds. The molecule has 1 unspecified atom stereocenters. The molecule has 0 aromatic heterocycles. The van der Waals surface area contributed by atoms with Gasteiger partial charge in [-0.3, -0.25) is 0 Å². The van der Waals surface area contributed by atoms with Crippen molar-refractivity contribution in [1.29, 1.82) is 0 Å². The van der Waals surface area contributed by atoms with Crippen LogP contribution in [0.15, 0.2) is 0 Å². The van der Waals surface area contributed by atoms with Crippen molar-refractivity contribution in [3.8, 4) is 0 Å². The van der Waals surface area contributed by atoms with E-state index in [1.807, 2.05) is 0 Å². The molecule has 0 aliphatic heterocycles. The van der Waals surface area contributed by atoms with Gasteiger partial charge in [-0.05, 0) is 38.8 Å². The highest BCUT2D eigenvalue weighted by Crippen LogP contribution is 2.26. The van der Waals surface area contributed by atoms with E-state index in [4.69, 9.17) is 5.73 Å². The third-order valence-electron chi connectivity index (χ3n) is 2.98. The molecule has 0 radical (unpaired) electrons. The lowest BCUT2D eigenvalue weighted by atomic mass is 10.0. The summed E-state index contributed by atoms with van der Waals surface area (Å²) >= 11 is 0. The summed E-state index contributed by atoms with van der Waals surface area (Å²) in [5.74, 6) is 1.02. The molecule has 1 saturated carbocycles. The van der Waals surface area contributed by atoms with Crippen LogP contribution >= 0.6 is 0 Å². The van der Waals surface area contributed by atoms with E-state index >= 15 is 0 Å². The average Bonchev–Trinajstić information content (AvgIpc) is 2.55. The summed E-state index contributed by atoms with van der Waals surface area (Å²) in [4.78, 5) is 0. The second kappa shape index (κ2) is 6.39. The predicted molar refractivity (Wildman–Crippen MR) is 57.7 cm³/mol. The Kier molecular flexibility index (Phi) is 5.40. The maximum Gasteiger partial charge on any atom is 0.00225 e. The van der Waals surface area contributed by atoms with Crippen LogP contribution in [0.4, 0.5) is 0 Å². The minimum absolute atomic E-state index is 0.346. The first-order valence-electron chi connectivity index (χ1n) is 5.75. The zero-order valence-electron chi connectivity index (χ0n) is 8.89. The largest absolute Gasteiger partial charge is 0.328 e. The summed E-state index contributed by atoms with van der Waals surface area (Å²) in [5.41, 5.74) is 5.66. The smallest absolute Gasteiger partial charge is 0.00225 e. The van der Waals surface area contributed by atoms with Gasteiger partial charge in [-0.2, -0.15) is 0 Å². The third-order valence-corrected chi connectivity index (χ3v) is 2.98. The van der Waals surface area contributed by atoms with Gasteiger partial charge >= 0.3 is 0 Å². The molecule has 1 rings (SSSR count). The van der Waals surface area contributed by atoms with E-state index in [1.165, 1.54) is 38.6 Å². The predicted octanol–water partition coefficient (Wildman–Crippen LogP) is 1.89. The van der Waals surface area contributed by atoms with Gasteiger partial charge in [0.25, 0.3) is 0 Å². The highest BCUT2D eigenvalue weighted by atomic mass is 14.9. The van der Waals surface area contributed by atoms with E-state index in [0.717, 1.165) is 18.9 Å². The Balaban J connectivity index is 1.83. The molecule has 3 N–H and O–H groups in total. The van der Waals surface area contributed by atoms with Crippen LogP contribution in [-0.2, 0) is 0 Å². The molecule has 0 saturated heterocycles. The van der Waals surface area contributed by atoms with Crippen molar-refractivity contribution in [2.75, 3.05) is 13.1 Å². The van der Waals surface area contributed by atoms with E-state index in [2.05, 4.69) is 12.2 Å². The normalized spacial score (nSPS) is 20.8. The van der Waals surface area contributed by atoms with Gasteiger partial charge in [-0.15, -0.1) is 0 Å². The van der Waals surface area contributed by atoms with Crippen LogP contribution in [0, 0.1) is 5.92 Å². The van der Waals surface area contributed by atoms with Gasteiger partial charge in [0.15, 0.2) is 0 Å². The second-order valence-corrected chi connectivity index (χ2v) is 4.46. The van der Waals surface area contributed by atoms with E-state index in [0.29, 0.717) is 6.04 Å². The fraction of sp³-hybridized carbons (Fsp3) is 1.00. The Hall–Kier alpha value is -0.0800. The van der Waals surface area contributed by atoms with Gasteiger partial charge in [-0.25, -0.2) is 0 Å². The van der Waals surface area contributed by atoms with Crippen LogP contribution in [-0.4, -0.2) is 19.1 Å². The van der Waals surface area contributed by atoms with Crippen molar-refractivity contribution in [3.05, 3.63) is 0 Å². The monoisotopic (exact) mass is 184 g/mol. The molecule has 13 heavy (non-hydrogen) atoms. The van der Waals surface area contributed by atoms with Crippen LogP contribution in [0.2, 0.25) is 0 Å². The molecule has 2 nitrogen and oxygen atoms in total. The fourth-order valence-electron chi connectivity index (χ4n) is 2.06. The molecule has 0 heterocycles. The highest BCUT2D eigenvalue weighted by Gasteiger charge is 2.13. The number of hydrogen-bond donors (Lipinski definition) is 2. The lowest BCUT2D eigenvalue weighted by Crippen LogP contribution is -2.25. The van der Waals surface area contributed by atoms with Gasteiger partial charge in [0, 0.05) is 6.04 Å². The molecular weight excluding hydrogens is 160 g/mol. The molecule has 0 aromatic carbocycles. The molecule has 2 heteroatoms. The number of rotatable bonds is 6. The topological polar surface area (TPSA) is 38.0 Å². The second-order valence-electron chi connectivity index (χ2n) is 4.46. The van der Waals surface area contributed by atoms with E-state index in [1.54, 1.807) is 0 Å². The van der Waals surface area contributed by atoms with Crippen LogP contribution in [0.1, 0.15) is 45.4 Å². The third kappa shape index (κ3) is 5.27. The molecule has 0 spiro atoms. The molecular formula is C11H24N2. The quantitative estimate of drug-likeness (QED) is 0.619. The molecule has 0 aromatic rings. The standard InChI is InChI=1S/C11H24N2/c1-10(12)6-8-13-9-7-11-4-2-3-5-11/h10-11,13H,2-9,12H2,1H3. The SMILES string of the molecule is CC(N)CCNCCC1CCCC1. The zero-order chi connectivity index (χ0) is 9.52. The summed E-state index contributed by atoms with van der Waals surface area (Å²) in [7, 11) is 0. The molecule has 1 aliphatic carbocycles. The van der Waals surface area contributed by atoms with Crippen LogP contribution in [0.3, 0.4) is 0 Å². The Morgan fingerprint density at radius 3 is 2.62 bits per heavy atom. The van der Waals surface area contributed by atoms with Gasteiger partial charge in [0.1, 0.15) is 0 Å². The van der Waals surface area contributed by atoms with Gasteiger partial charge in [0.05, 0.1) is 0 Å². The highest BCUT2D eigenvalue weighted by molar-refractivity contribution is 4.68. The minimum atomic E-state index is 0.346.